The molecule has 0 fully saturated rings. The van der Waals surface area contributed by atoms with Crippen molar-refractivity contribution in [2.75, 3.05) is 12.4 Å². The van der Waals surface area contributed by atoms with Crippen LogP contribution in [-0.4, -0.2) is 38.0 Å². The highest BCUT2D eigenvalue weighted by molar-refractivity contribution is 6.31. The Morgan fingerprint density at radius 1 is 1.19 bits per heavy atom. The molecule has 9 heteroatoms. The van der Waals surface area contributed by atoms with E-state index in [1.807, 2.05) is 55.5 Å². The van der Waals surface area contributed by atoms with Gasteiger partial charge in [-0.1, -0.05) is 41.9 Å². The fraction of sp³-hybridized carbons (Fsp3) is 0.174. The molecule has 1 atom stereocenters. The Morgan fingerprint density at radius 3 is 2.84 bits per heavy atom. The van der Waals surface area contributed by atoms with Crippen molar-refractivity contribution in [1.82, 2.24) is 25.0 Å². The van der Waals surface area contributed by atoms with E-state index >= 15 is 0 Å². The van der Waals surface area contributed by atoms with Gasteiger partial charge in [-0.15, -0.1) is 5.10 Å². The van der Waals surface area contributed by atoms with Crippen LogP contribution in [0, 0.1) is 6.92 Å². The molecule has 1 N–H and O–H groups in total. The summed E-state index contributed by atoms with van der Waals surface area (Å²) >= 11 is 6.46. The number of hydrogen-bond donors (Lipinski definition) is 1. The number of nitrogens with one attached hydrogen (secondary N) is 1. The summed E-state index contributed by atoms with van der Waals surface area (Å²) in [6, 6.07) is 15.1. The predicted molar refractivity (Wildman–Crippen MR) is 120 cm³/mol. The third kappa shape index (κ3) is 3.48. The van der Waals surface area contributed by atoms with Gasteiger partial charge in [0.1, 0.15) is 11.6 Å². The number of anilines is 1. The number of nitrogens with zero attached hydrogens (tertiary/aromatic N) is 5. The van der Waals surface area contributed by atoms with Gasteiger partial charge in [0.15, 0.2) is 0 Å². The fourth-order valence-electron chi connectivity index (χ4n) is 4.02. The molecule has 3 heterocycles. The number of methoxy groups -OCH3 is 1. The molecule has 0 aliphatic carbocycles. The van der Waals surface area contributed by atoms with E-state index in [0.29, 0.717) is 22.3 Å². The minimum atomic E-state index is -0.212. The second-order valence-corrected chi connectivity index (χ2v) is 7.87. The fourth-order valence-corrected chi connectivity index (χ4v) is 4.29. The van der Waals surface area contributed by atoms with E-state index in [1.165, 1.54) is 4.68 Å². The number of aryl methyl sites for hydroxylation is 1. The highest BCUT2D eigenvalue weighted by atomic mass is 35.5. The lowest BCUT2D eigenvalue weighted by molar-refractivity contribution is -0.116. The molecule has 5 rings (SSSR count). The number of rotatable bonds is 4. The van der Waals surface area contributed by atoms with Crippen LogP contribution in [0.2, 0.25) is 5.02 Å². The lowest BCUT2D eigenvalue weighted by atomic mass is 9.86. The van der Waals surface area contributed by atoms with Gasteiger partial charge < -0.3 is 10.1 Å². The van der Waals surface area contributed by atoms with Gasteiger partial charge in [0.25, 0.3) is 5.95 Å². The van der Waals surface area contributed by atoms with Crippen LogP contribution in [0.15, 0.2) is 54.7 Å². The van der Waals surface area contributed by atoms with Crippen LogP contribution >= 0.6 is 11.6 Å². The number of halogens is 1. The van der Waals surface area contributed by atoms with Gasteiger partial charge >= 0.3 is 0 Å². The maximum Gasteiger partial charge on any atom is 0.272 e. The summed E-state index contributed by atoms with van der Waals surface area (Å²) in [5.74, 6) is 1.17. The summed E-state index contributed by atoms with van der Waals surface area (Å²) in [6.07, 6.45) is 1.86. The zero-order chi connectivity index (χ0) is 22.2. The first-order chi connectivity index (χ1) is 15.5. The van der Waals surface area contributed by atoms with Gasteiger partial charge in [-0.3, -0.25) is 4.79 Å². The second-order valence-electron chi connectivity index (χ2n) is 7.46. The number of ether oxygens (including phenoxy) is 1. The van der Waals surface area contributed by atoms with Gasteiger partial charge in [0.2, 0.25) is 5.91 Å². The van der Waals surface area contributed by atoms with Crippen LogP contribution in [0.1, 0.15) is 29.2 Å². The monoisotopic (exact) mass is 446 g/mol. The number of carbonyl (C=O) groups is 1. The number of carbonyl (C=O) groups excluding carboxylic acids is 1. The van der Waals surface area contributed by atoms with Crippen LogP contribution in [0.5, 0.6) is 5.75 Å². The van der Waals surface area contributed by atoms with Crippen molar-refractivity contribution in [3.8, 4) is 23.0 Å². The van der Waals surface area contributed by atoms with Crippen molar-refractivity contribution < 1.29 is 9.53 Å². The Kier molecular flexibility index (Phi) is 5.07. The summed E-state index contributed by atoms with van der Waals surface area (Å²) < 4.78 is 6.83. The molecular weight excluding hydrogens is 428 g/mol. The summed E-state index contributed by atoms with van der Waals surface area (Å²) in [5.41, 5.74) is 3.99. The number of benzene rings is 2. The van der Waals surface area contributed by atoms with Gasteiger partial charge in [-0.05, 0) is 30.7 Å². The molecule has 0 radical (unpaired) electrons. The first-order valence-electron chi connectivity index (χ1n) is 10.0. The van der Waals surface area contributed by atoms with Crippen molar-refractivity contribution >= 4 is 23.3 Å². The van der Waals surface area contributed by atoms with Crippen LogP contribution in [0.4, 0.5) is 5.82 Å². The molecule has 1 aliphatic heterocycles. The summed E-state index contributed by atoms with van der Waals surface area (Å²) in [7, 11) is 1.61. The van der Waals surface area contributed by atoms with Crippen molar-refractivity contribution in [3.05, 3.63) is 76.6 Å². The minimum Gasteiger partial charge on any atom is -0.497 e. The minimum absolute atomic E-state index is 0.125. The number of aromatic nitrogens is 5. The van der Waals surface area contributed by atoms with Crippen LogP contribution in [-0.2, 0) is 4.79 Å². The normalized spacial score (nSPS) is 15.2. The molecule has 0 bridgehead atoms. The molecule has 2 aromatic carbocycles. The van der Waals surface area contributed by atoms with Crippen molar-refractivity contribution in [1.29, 1.82) is 0 Å². The topological polar surface area (TPSA) is 94.8 Å². The van der Waals surface area contributed by atoms with Gasteiger partial charge in [-0.2, -0.15) is 14.9 Å². The van der Waals surface area contributed by atoms with E-state index in [-0.39, 0.29) is 24.2 Å². The molecule has 160 valence electrons. The Morgan fingerprint density at radius 2 is 2.03 bits per heavy atom. The second kappa shape index (κ2) is 8.05. The Hall–Kier alpha value is -3.78. The summed E-state index contributed by atoms with van der Waals surface area (Å²) in [4.78, 5) is 17.3. The Labute approximate surface area is 189 Å². The molecular formula is C23H19ClN6O2. The lowest BCUT2D eigenvalue weighted by Gasteiger charge is -2.24. The molecule has 1 aliphatic rings. The molecule has 0 saturated heterocycles. The third-order valence-corrected chi connectivity index (χ3v) is 5.83. The number of amides is 1. The van der Waals surface area contributed by atoms with Gasteiger partial charge in [-0.25, -0.2) is 4.98 Å². The molecule has 0 spiro atoms. The highest BCUT2D eigenvalue weighted by Crippen LogP contribution is 2.42. The molecule has 0 unspecified atom stereocenters. The largest absolute Gasteiger partial charge is 0.497 e. The van der Waals surface area contributed by atoms with Crippen LogP contribution < -0.4 is 10.1 Å². The van der Waals surface area contributed by atoms with E-state index < -0.39 is 0 Å². The number of hydrogen-bond acceptors (Lipinski definition) is 6. The molecule has 1 amide bonds. The first-order valence-corrected chi connectivity index (χ1v) is 10.4. The first kappa shape index (κ1) is 20.1. The van der Waals surface area contributed by atoms with Crippen LogP contribution in [0.3, 0.4) is 0 Å². The Bertz CT molecular complexity index is 1340. The maximum atomic E-state index is 12.6. The van der Waals surface area contributed by atoms with Crippen molar-refractivity contribution in [2.24, 2.45) is 0 Å². The standard InChI is InChI=1S/C23H19ClN6O2/c1-13-21-17(16-8-3-4-9-18(16)24)11-20(31)27-22(21)30(29-13)23-26-19(12-25-28-23)14-6-5-7-15(10-14)32-2/h3-10,12,17H,11H2,1-2H3,(H,27,31)/t17-/m1/s1. The summed E-state index contributed by atoms with van der Waals surface area (Å²) in [6.45, 7) is 1.90. The molecule has 2 aromatic heterocycles. The highest BCUT2D eigenvalue weighted by Gasteiger charge is 2.34. The van der Waals surface area contributed by atoms with E-state index in [0.717, 1.165) is 22.4 Å². The summed E-state index contributed by atoms with van der Waals surface area (Å²) in [5, 5.41) is 16.5. The van der Waals surface area contributed by atoms with Crippen molar-refractivity contribution in [2.45, 2.75) is 19.3 Å². The van der Waals surface area contributed by atoms with Gasteiger partial charge in [0, 0.05) is 28.5 Å². The average Bonchev–Trinajstić information content (AvgIpc) is 3.15. The van der Waals surface area contributed by atoms with Crippen molar-refractivity contribution in [3.63, 3.8) is 0 Å². The molecule has 0 saturated carbocycles. The molecule has 4 aromatic rings. The molecule has 8 nitrogen and oxygen atoms in total. The van der Waals surface area contributed by atoms with Gasteiger partial charge in [0.05, 0.1) is 24.7 Å². The van der Waals surface area contributed by atoms with E-state index in [9.17, 15) is 4.79 Å². The zero-order valence-electron chi connectivity index (χ0n) is 17.4. The third-order valence-electron chi connectivity index (χ3n) is 5.49. The van der Waals surface area contributed by atoms with E-state index in [4.69, 9.17) is 16.3 Å². The predicted octanol–water partition coefficient (Wildman–Crippen LogP) is 4.17. The SMILES string of the molecule is COc1cccc(-c2cnnc(-n3nc(C)c4c3NC(=O)C[C@@H]4c3ccccc3Cl)n2)c1. The average molecular weight is 447 g/mol. The maximum absolute atomic E-state index is 12.6. The number of fused-ring (bicyclic) bond motifs is 1. The Balaban J connectivity index is 1.62. The van der Waals surface area contributed by atoms with E-state index in [1.54, 1.807) is 13.3 Å². The van der Waals surface area contributed by atoms with E-state index in [2.05, 4.69) is 25.6 Å². The smallest absolute Gasteiger partial charge is 0.272 e. The lowest BCUT2D eigenvalue weighted by Crippen LogP contribution is -2.25. The quantitative estimate of drug-likeness (QED) is 0.505. The van der Waals surface area contributed by atoms with Crippen LogP contribution in [0.25, 0.3) is 17.2 Å². The molecule has 32 heavy (non-hydrogen) atoms. The zero-order valence-corrected chi connectivity index (χ0v) is 18.2.